The molecule has 1 aliphatic heterocycles. The van der Waals surface area contributed by atoms with Gasteiger partial charge in [-0.3, -0.25) is 0 Å². The van der Waals surface area contributed by atoms with Crippen molar-refractivity contribution in [3.63, 3.8) is 0 Å². The van der Waals surface area contributed by atoms with E-state index in [1.54, 1.807) is 0 Å². The molecule has 2 unspecified atom stereocenters. The Morgan fingerprint density at radius 1 is 1.43 bits per heavy atom. The summed E-state index contributed by atoms with van der Waals surface area (Å²) >= 11 is 2.14. The van der Waals surface area contributed by atoms with Crippen LogP contribution in [0.1, 0.15) is 33.1 Å². The van der Waals surface area contributed by atoms with Crippen molar-refractivity contribution in [2.45, 2.75) is 43.2 Å². The van der Waals surface area contributed by atoms with E-state index in [1.807, 2.05) is 0 Å². The fourth-order valence-electron chi connectivity index (χ4n) is 2.09. The van der Waals surface area contributed by atoms with Gasteiger partial charge in [-0.1, -0.05) is 13.3 Å². The predicted molar refractivity (Wildman–Crippen MR) is 65.9 cm³/mol. The van der Waals surface area contributed by atoms with E-state index in [1.165, 1.54) is 32.4 Å². The summed E-state index contributed by atoms with van der Waals surface area (Å²) in [6, 6.07) is 0. The average molecular weight is 216 g/mol. The van der Waals surface area contributed by atoms with E-state index in [9.17, 15) is 0 Å². The molecule has 0 aromatic carbocycles. The third kappa shape index (κ3) is 3.44. The summed E-state index contributed by atoms with van der Waals surface area (Å²) in [5, 5.41) is 4.21. The standard InChI is InChI=1S/C11H24N2S/c1-5-6-11(7-8-13(3)4)9-12-10(2)14-11/h10,12H,5-9H2,1-4H3. The molecule has 1 saturated heterocycles. The van der Waals surface area contributed by atoms with Gasteiger partial charge in [0, 0.05) is 11.3 Å². The van der Waals surface area contributed by atoms with Crippen molar-refractivity contribution in [1.82, 2.24) is 10.2 Å². The van der Waals surface area contributed by atoms with Crippen LogP contribution >= 0.6 is 11.8 Å². The Morgan fingerprint density at radius 2 is 2.14 bits per heavy atom. The SMILES string of the molecule is CCCC1(CCN(C)C)CNC(C)S1. The van der Waals surface area contributed by atoms with Crippen LogP contribution in [0.15, 0.2) is 0 Å². The Balaban J connectivity index is 2.45. The molecule has 0 aromatic heterocycles. The minimum absolute atomic E-state index is 0.512. The summed E-state index contributed by atoms with van der Waals surface area (Å²) in [6.07, 6.45) is 3.97. The van der Waals surface area contributed by atoms with Crippen LogP contribution in [0.5, 0.6) is 0 Å². The average Bonchev–Trinajstić information content (AvgIpc) is 2.46. The first kappa shape index (κ1) is 12.3. The minimum Gasteiger partial charge on any atom is -0.309 e. The fraction of sp³-hybridized carbons (Fsp3) is 1.00. The summed E-state index contributed by atoms with van der Waals surface area (Å²) in [4.78, 5) is 2.29. The summed E-state index contributed by atoms with van der Waals surface area (Å²) < 4.78 is 0.512. The third-order valence-electron chi connectivity index (χ3n) is 2.86. The van der Waals surface area contributed by atoms with Gasteiger partial charge in [-0.25, -0.2) is 0 Å². The van der Waals surface area contributed by atoms with Gasteiger partial charge in [0.25, 0.3) is 0 Å². The molecule has 84 valence electrons. The maximum atomic E-state index is 3.56. The van der Waals surface area contributed by atoms with Gasteiger partial charge in [-0.15, -0.1) is 11.8 Å². The van der Waals surface area contributed by atoms with E-state index >= 15 is 0 Å². The Kier molecular flexibility index (Phi) is 4.74. The Labute approximate surface area is 92.8 Å². The van der Waals surface area contributed by atoms with Gasteiger partial charge >= 0.3 is 0 Å². The van der Waals surface area contributed by atoms with Crippen LogP contribution in [0.2, 0.25) is 0 Å². The van der Waals surface area contributed by atoms with E-state index < -0.39 is 0 Å². The third-order valence-corrected chi connectivity index (χ3v) is 4.43. The molecular formula is C11H24N2S. The number of nitrogens with one attached hydrogen (secondary N) is 1. The predicted octanol–water partition coefficient (Wildman–Crippen LogP) is 2.16. The number of thioether (sulfide) groups is 1. The second-order valence-corrected chi connectivity index (χ2v) is 6.44. The summed E-state index contributed by atoms with van der Waals surface area (Å²) in [6.45, 7) is 6.97. The zero-order valence-electron chi connectivity index (χ0n) is 9.97. The molecule has 0 aromatic rings. The second kappa shape index (κ2) is 5.38. The Hall–Kier alpha value is 0.270. The largest absolute Gasteiger partial charge is 0.309 e. The van der Waals surface area contributed by atoms with E-state index in [2.05, 4.69) is 49.9 Å². The van der Waals surface area contributed by atoms with Crippen molar-refractivity contribution in [2.75, 3.05) is 27.2 Å². The van der Waals surface area contributed by atoms with Crippen molar-refractivity contribution in [3.8, 4) is 0 Å². The van der Waals surface area contributed by atoms with E-state index in [0.717, 1.165) is 0 Å². The highest BCUT2D eigenvalue weighted by molar-refractivity contribution is 8.01. The molecule has 1 fully saturated rings. The van der Waals surface area contributed by atoms with Crippen LogP contribution in [-0.2, 0) is 0 Å². The van der Waals surface area contributed by atoms with Crippen molar-refractivity contribution in [1.29, 1.82) is 0 Å². The smallest absolute Gasteiger partial charge is 0.0510 e. The normalized spacial score (nSPS) is 32.8. The first-order chi connectivity index (χ1) is 6.58. The van der Waals surface area contributed by atoms with Gasteiger partial charge in [0.1, 0.15) is 0 Å². The lowest BCUT2D eigenvalue weighted by atomic mass is 9.98. The highest BCUT2D eigenvalue weighted by Gasteiger charge is 2.36. The molecule has 0 amide bonds. The number of hydrogen-bond acceptors (Lipinski definition) is 3. The molecular weight excluding hydrogens is 192 g/mol. The maximum absolute atomic E-state index is 3.56. The summed E-state index contributed by atoms with van der Waals surface area (Å²) in [7, 11) is 4.33. The molecule has 3 heteroatoms. The monoisotopic (exact) mass is 216 g/mol. The van der Waals surface area contributed by atoms with Gasteiger partial charge in [0.05, 0.1) is 5.37 Å². The molecule has 1 N–H and O–H groups in total. The molecule has 1 heterocycles. The number of rotatable bonds is 5. The quantitative estimate of drug-likeness (QED) is 0.758. The lowest BCUT2D eigenvalue weighted by Gasteiger charge is -2.28. The minimum atomic E-state index is 0.512. The van der Waals surface area contributed by atoms with Crippen LogP contribution in [0.25, 0.3) is 0 Å². The first-order valence-electron chi connectivity index (χ1n) is 5.64. The van der Waals surface area contributed by atoms with Crippen LogP contribution in [0.4, 0.5) is 0 Å². The Bertz CT molecular complexity index is 169. The topological polar surface area (TPSA) is 15.3 Å². The molecule has 0 bridgehead atoms. The number of hydrogen-bond donors (Lipinski definition) is 1. The summed E-state index contributed by atoms with van der Waals surface area (Å²) in [5.41, 5.74) is 0. The highest BCUT2D eigenvalue weighted by atomic mass is 32.2. The zero-order valence-corrected chi connectivity index (χ0v) is 10.8. The van der Waals surface area contributed by atoms with Crippen molar-refractivity contribution >= 4 is 11.8 Å². The maximum Gasteiger partial charge on any atom is 0.0510 e. The van der Waals surface area contributed by atoms with Crippen LogP contribution in [0.3, 0.4) is 0 Å². The van der Waals surface area contributed by atoms with Gasteiger partial charge < -0.3 is 10.2 Å². The fourth-order valence-corrected chi connectivity index (χ4v) is 3.71. The lowest BCUT2D eigenvalue weighted by molar-refractivity contribution is 0.357. The molecule has 2 atom stereocenters. The van der Waals surface area contributed by atoms with Crippen molar-refractivity contribution < 1.29 is 0 Å². The second-order valence-electron chi connectivity index (χ2n) is 4.63. The van der Waals surface area contributed by atoms with Gasteiger partial charge in [-0.05, 0) is 40.4 Å². The van der Waals surface area contributed by atoms with Crippen molar-refractivity contribution in [3.05, 3.63) is 0 Å². The van der Waals surface area contributed by atoms with Gasteiger partial charge in [0.15, 0.2) is 0 Å². The first-order valence-corrected chi connectivity index (χ1v) is 6.52. The van der Waals surface area contributed by atoms with E-state index in [4.69, 9.17) is 0 Å². The molecule has 0 aliphatic carbocycles. The van der Waals surface area contributed by atoms with Crippen LogP contribution in [0, 0.1) is 0 Å². The molecule has 0 saturated carbocycles. The molecule has 2 nitrogen and oxygen atoms in total. The van der Waals surface area contributed by atoms with Gasteiger partial charge in [-0.2, -0.15) is 0 Å². The van der Waals surface area contributed by atoms with E-state index in [0.29, 0.717) is 10.1 Å². The van der Waals surface area contributed by atoms with Crippen LogP contribution < -0.4 is 5.32 Å². The Morgan fingerprint density at radius 3 is 2.57 bits per heavy atom. The van der Waals surface area contributed by atoms with E-state index in [-0.39, 0.29) is 0 Å². The molecule has 1 aliphatic rings. The molecule has 0 spiro atoms. The summed E-state index contributed by atoms with van der Waals surface area (Å²) in [5.74, 6) is 0. The molecule has 0 radical (unpaired) electrons. The lowest BCUT2D eigenvalue weighted by Crippen LogP contribution is -2.33. The van der Waals surface area contributed by atoms with Crippen LogP contribution in [-0.4, -0.2) is 42.2 Å². The number of nitrogens with zero attached hydrogens (tertiary/aromatic N) is 1. The van der Waals surface area contributed by atoms with Gasteiger partial charge in [0.2, 0.25) is 0 Å². The zero-order chi connectivity index (χ0) is 10.6. The van der Waals surface area contributed by atoms with Crippen molar-refractivity contribution in [2.24, 2.45) is 0 Å². The molecule has 14 heavy (non-hydrogen) atoms. The highest BCUT2D eigenvalue weighted by Crippen LogP contribution is 2.40. The molecule has 1 rings (SSSR count).